The van der Waals surface area contributed by atoms with Gasteiger partial charge in [-0.3, -0.25) is 4.79 Å². The monoisotopic (exact) mass is 213 g/mol. The minimum absolute atomic E-state index is 0.396. The lowest BCUT2D eigenvalue weighted by Gasteiger charge is -2.47. The molecule has 0 bridgehead atoms. The maximum atomic E-state index is 11.2. The SMILES string of the molecule is CC(C)(C)[Si](C)(C)N1CCC(=O)CC1. The summed E-state index contributed by atoms with van der Waals surface area (Å²) in [7, 11) is -1.35. The zero-order valence-corrected chi connectivity index (χ0v) is 11.2. The molecule has 82 valence electrons. The Labute approximate surface area is 88.8 Å². The molecule has 0 spiro atoms. The van der Waals surface area contributed by atoms with Crippen LogP contribution in [0.15, 0.2) is 0 Å². The summed E-state index contributed by atoms with van der Waals surface area (Å²) in [6.07, 6.45) is 1.54. The third-order valence-electron chi connectivity index (χ3n) is 3.95. The average Bonchev–Trinajstić information content (AvgIpc) is 2.03. The Balaban J connectivity index is 2.69. The van der Waals surface area contributed by atoms with Crippen molar-refractivity contribution in [3.8, 4) is 0 Å². The fourth-order valence-corrected chi connectivity index (χ4v) is 4.08. The topological polar surface area (TPSA) is 20.3 Å². The van der Waals surface area contributed by atoms with Gasteiger partial charge >= 0.3 is 0 Å². The predicted molar refractivity (Wildman–Crippen MR) is 63.0 cm³/mol. The number of hydrogen-bond acceptors (Lipinski definition) is 2. The van der Waals surface area contributed by atoms with E-state index in [0.29, 0.717) is 10.8 Å². The zero-order valence-electron chi connectivity index (χ0n) is 10.2. The molecule has 1 aliphatic heterocycles. The van der Waals surface area contributed by atoms with Crippen molar-refractivity contribution in [1.82, 2.24) is 4.57 Å². The quantitative estimate of drug-likeness (QED) is 0.624. The van der Waals surface area contributed by atoms with Gasteiger partial charge in [-0.15, -0.1) is 0 Å². The molecule has 3 heteroatoms. The van der Waals surface area contributed by atoms with Crippen LogP contribution >= 0.6 is 0 Å². The van der Waals surface area contributed by atoms with Gasteiger partial charge in [-0.25, -0.2) is 0 Å². The molecular weight excluding hydrogens is 190 g/mol. The third-order valence-corrected chi connectivity index (χ3v) is 9.65. The van der Waals surface area contributed by atoms with E-state index >= 15 is 0 Å². The molecule has 0 aromatic rings. The van der Waals surface area contributed by atoms with Crippen LogP contribution in [0.2, 0.25) is 18.1 Å². The van der Waals surface area contributed by atoms with E-state index in [-0.39, 0.29) is 0 Å². The normalized spacial score (nSPS) is 21.4. The summed E-state index contributed by atoms with van der Waals surface area (Å²) in [5, 5.41) is 0.396. The third kappa shape index (κ3) is 2.26. The Morgan fingerprint density at radius 3 is 1.93 bits per heavy atom. The first kappa shape index (κ1) is 11.9. The largest absolute Gasteiger partial charge is 0.322 e. The Kier molecular flexibility index (Phi) is 3.22. The van der Waals surface area contributed by atoms with Crippen molar-refractivity contribution >= 4 is 14.0 Å². The van der Waals surface area contributed by atoms with E-state index in [1.54, 1.807) is 0 Å². The summed E-state index contributed by atoms with van der Waals surface area (Å²) in [6.45, 7) is 13.8. The van der Waals surface area contributed by atoms with E-state index in [0.717, 1.165) is 25.9 Å². The number of carbonyl (C=O) groups is 1. The van der Waals surface area contributed by atoms with Crippen molar-refractivity contribution in [2.24, 2.45) is 0 Å². The summed E-state index contributed by atoms with van der Waals surface area (Å²) in [5.41, 5.74) is 0. The smallest absolute Gasteiger partial charge is 0.135 e. The van der Waals surface area contributed by atoms with Crippen LogP contribution in [0.1, 0.15) is 33.6 Å². The molecule has 1 saturated heterocycles. The zero-order chi connectivity index (χ0) is 11.0. The summed E-state index contributed by atoms with van der Waals surface area (Å²) in [6, 6.07) is 0. The maximum Gasteiger partial charge on any atom is 0.135 e. The lowest BCUT2D eigenvalue weighted by molar-refractivity contribution is -0.120. The second-order valence-corrected chi connectivity index (χ2v) is 11.1. The molecule has 14 heavy (non-hydrogen) atoms. The summed E-state index contributed by atoms with van der Waals surface area (Å²) < 4.78 is 2.59. The number of rotatable bonds is 1. The molecular formula is C11H23NOSi. The lowest BCUT2D eigenvalue weighted by Crippen LogP contribution is -2.57. The van der Waals surface area contributed by atoms with Crippen molar-refractivity contribution in [3.05, 3.63) is 0 Å². The highest BCUT2D eigenvalue weighted by Gasteiger charge is 2.41. The maximum absolute atomic E-state index is 11.2. The molecule has 1 aliphatic rings. The first-order valence-corrected chi connectivity index (χ1v) is 8.46. The van der Waals surface area contributed by atoms with Gasteiger partial charge in [-0.2, -0.15) is 0 Å². The van der Waals surface area contributed by atoms with Gasteiger partial charge in [-0.05, 0) is 18.1 Å². The molecule has 0 saturated carbocycles. The van der Waals surface area contributed by atoms with Crippen molar-refractivity contribution in [1.29, 1.82) is 0 Å². The molecule has 0 amide bonds. The van der Waals surface area contributed by atoms with E-state index in [2.05, 4.69) is 38.4 Å². The number of nitrogens with zero attached hydrogens (tertiary/aromatic N) is 1. The van der Waals surface area contributed by atoms with E-state index in [1.165, 1.54) is 0 Å². The Hall–Kier alpha value is -0.153. The molecule has 1 fully saturated rings. The first-order chi connectivity index (χ1) is 6.25. The van der Waals surface area contributed by atoms with Gasteiger partial charge in [0, 0.05) is 12.8 Å². The van der Waals surface area contributed by atoms with Gasteiger partial charge in [0.1, 0.15) is 14.0 Å². The standard InChI is InChI=1S/C11H23NOSi/c1-11(2,3)14(4,5)12-8-6-10(13)7-9-12/h6-9H2,1-5H3. The molecule has 0 aromatic heterocycles. The van der Waals surface area contributed by atoms with Crippen molar-refractivity contribution < 1.29 is 4.79 Å². The second kappa shape index (κ2) is 3.78. The van der Waals surface area contributed by atoms with E-state index < -0.39 is 8.24 Å². The number of hydrogen-bond donors (Lipinski definition) is 0. The van der Waals surface area contributed by atoms with Crippen LogP contribution in [-0.4, -0.2) is 31.7 Å². The Morgan fingerprint density at radius 1 is 1.14 bits per heavy atom. The van der Waals surface area contributed by atoms with Gasteiger partial charge in [0.25, 0.3) is 0 Å². The number of ketones is 1. The van der Waals surface area contributed by atoms with Crippen molar-refractivity contribution in [2.75, 3.05) is 13.1 Å². The molecule has 0 radical (unpaired) electrons. The summed E-state index contributed by atoms with van der Waals surface area (Å²) in [5.74, 6) is 0.444. The van der Waals surface area contributed by atoms with Crippen molar-refractivity contribution in [3.63, 3.8) is 0 Å². The predicted octanol–water partition coefficient (Wildman–Crippen LogP) is 2.66. The molecule has 2 nitrogen and oxygen atoms in total. The molecule has 0 atom stereocenters. The highest BCUT2D eigenvalue weighted by Crippen LogP contribution is 2.38. The van der Waals surface area contributed by atoms with E-state index in [9.17, 15) is 4.79 Å². The van der Waals surface area contributed by atoms with Gasteiger partial charge < -0.3 is 4.57 Å². The molecule has 1 rings (SSSR count). The molecule has 0 unspecified atom stereocenters. The number of piperidine rings is 1. The summed E-state index contributed by atoms with van der Waals surface area (Å²) >= 11 is 0. The highest BCUT2D eigenvalue weighted by atomic mass is 28.3. The number of Topliss-reactive ketones (excluding diaryl/α,β-unsaturated/α-hetero) is 1. The first-order valence-electron chi connectivity index (χ1n) is 5.52. The molecule has 1 heterocycles. The minimum atomic E-state index is -1.35. The van der Waals surface area contributed by atoms with Crippen LogP contribution in [0.3, 0.4) is 0 Å². The van der Waals surface area contributed by atoms with Gasteiger partial charge in [0.15, 0.2) is 0 Å². The second-order valence-electron chi connectivity index (χ2n) is 5.83. The molecule has 0 aliphatic carbocycles. The molecule has 0 N–H and O–H groups in total. The van der Waals surface area contributed by atoms with E-state index in [4.69, 9.17) is 0 Å². The lowest BCUT2D eigenvalue weighted by atomic mass is 10.1. The van der Waals surface area contributed by atoms with Crippen LogP contribution in [0, 0.1) is 0 Å². The van der Waals surface area contributed by atoms with E-state index in [1.807, 2.05) is 0 Å². The molecule has 0 aromatic carbocycles. The average molecular weight is 213 g/mol. The van der Waals surface area contributed by atoms with Gasteiger partial charge in [0.05, 0.1) is 0 Å². The fourth-order valence-electron chi connectivity index (χ4n) is 1.79. The van der Waals surface area contributed by atoms with Crippen molar-refractivity contribution in [2.45, 2.75) is 51.7 Å². The van der Waals surface area contributed by atoms with Crippen LogP contribution in [0.4, 0.5) is 0 Å². The minimum Gasteiger partial charge on any atom is -0.322 e. The number of carbonyl (C=O) groups excluding carboxylic acids is 1. The Bertz CT molecular complexity index is 220. The van der Waals surface area contributed by atoms with Gasteiger partial charge in [0.2, 0.25) is 0 Å². The summed E-state index contributed by atoms with van der Waals surface area (Å²) in [4.78, 5) is 11.2. The Morgan fingerprint density at radius 2 is 1.57 bits per heavy atom. The highest BCUT2D eigenvalue weighted by molar-refractivity contribution is 6.77. The van der Waals surface area contributed by atoms with Crippen LogP contribution in [-0.2, 0) is 4.79 Å². The fraction of sp³-hybridized carbons (Fsp3) is 0.909. The van der Waals surface area contributed by atoms with Crippen LogP contribution in [0.5, 0.6) is 0 Å². The van der Waals surface area contributed by atoms with Gasteiger partial charge in [-0.1, -0.05) is 33.9 Å². The van der Waals surface area contributed by atoms with Crippen LogP contribution in [0.25, 0.3) is 0 Å². The van der Waals surface area contributed by atoms with Crippen LogP contribution < -0.4 is 0 Å².